The highest BCUT2D eigenvalue weighted by Crippen LogP contribution is 2.65. The fourth-order valence-corrected chi connectivity index (χ4v) is 5.65. The molecule has 0 spiro atoms. The van der Waals surface area contributed by atoms with Crippen LogP contribution in [-0.2, 0) is 14.1 Å². The molecule has 1 amide bonds. The van der Waals surface area contributed by atoms with E-state index in [-0.39, 0.29) is 54.3 Å². The lowest BCUT2D eigenvalue weighted by molar-refractivity contribution is -0.199. The van der Waals surface area contributed by atoms with E-state index < -0.39 is 19.3 Å². The molecule has 2 N–H and O–H groups in total. The summed E-state index contributed by atoms with van der Waals surface area (Å²) in [6.07, 6.45) is 1.44. The van der Waals surface area contributed by atoms with E-state index in [1.165, 1.54) is 11.3 Å². The van der Waals surface area contributed by atoms with Gasteiger partial charge in [0, 0.05) is 0 Å². The first-order chi connectivity index (χ1) is 11.1. The predicted octanol–water partition coefficient (Wildman–Crippen LogP) is 1.96. The summed E-state index contributed by atoms with van der Waals surface area (Å²) in [7, 11) is -0.543. The molecule has 2 bridgehead atoms. The van der Waals surface area contributed by atoms with E-state index >= 15 is 0 Å². The summed E-state index contributed by atoms with van der Waals surface area (Å²) >= 11 is 0. The van der Waals surface area contributed by atoms with Gasteiger partial charge < -0.3 is 19.9 Å². The van der Waals surface area contributed by atoms with Crippen molar-refractivity contribution in [2.24, 2.45) is 23.0 Å². The Morgan fingerprint density at radius 3 is 2.60 bits per heavy atom. The highest BCUT2D eigenvalue weighted by Gasteiger charge is 2.69. The van der Waals surface area contributed by atoms with Gasteiger partial charge in [-0.3, -0.25) is 4.79 Å². The average Bonchev–Trinajstić information content (AvgIpc) is 3.04. The van der Waals surface area contributed by atoms with Crippen molar-refractivity contribution >= 4 is 25.4 Å². The summed E-state index contributed by atoms with van der Waals surface area (Å²) in [5, 5.41) is 0. The zero-order valence-electron chi connectivity index (χ0n) is 15.4. The summed E-state index contributed by atoms with van der Waals surface area (Å²) in [6.45, 7) is 8.48. The Morgan fingerprint density at radius 1 is 1.32 bits per heavy atom. The van der Waals surface area contributed by atoms with E-state index in [2.05, 4.69) is 20.8 Å². The van der Waals surface area contributed by atoms with Gasteiger partial charge in [0.05, 0.1) is 30.2 Å². The van der Waals surface area contributed by atoms with Crippen molar-refractivity contribution in [3.8, 4) is 0 Å². The maximum absolute atomic E-state index is 14.0. The van der Waals surface area contributed by atoms with Crippen LogP contribution in [0.25, 0.3) is 0 Å². The quantitative estimate of drug-likeness (QED) is 0.751. The molecule has 8 heteroatoms. The van der Waals surface area contributed by atoms with Gasteiger partial charge >= 0.3 is 7.12 Å². The van der Waals surface area contributed by atoms with Crippen molar-refractivity contribution in [2.75, 3.05) is 6.54 Å². The number of alkyl halides is 1. The van der Waals surface area contributed by atoms with Gasteiger partial charge in [0.2, 0.25) is 5.91 Å². The molecule has 2 saturated heterocycles. The Balaban J connectivity index is 0.00000182. The lowest BCUT2D eigenvalue weighted by atomic mass is 9.43. The zero-order valence-corrected chi connectivity index (χ0v) is 16.2. The number of halogens is 2. The van der Waals surface area contributed by atoms with Gasteiger partial charge in [-0.1, -0.05) is 13.8 Å². The van der Waals surface area contributed by atoms with Gasteiger partial charge in [-0.2, -0.15) is 0 Å². The van der Waals surface area contributed by atoms with Crippen LogP contribution in [0.1, 0.15) is 47.0 Å². The van der Waals surface area contributed by atoms with Crippen molar-refractivity contribution in [3.63, 3.8) is 0 Å². The van der Waals surface area contributed by atoms with Crippen LogP contribution in [0, 0.1) is 17.3 Å². The molecular weight excluding hydrogens is 345 g/mol. The van der Waals surface area contributed by atoms with Crippen molar-refractivity contribution in [1.82, 2.24) is 4.90 Å². The van der Waals surface area contributed by atoms with Crippen LogP contribution in [0.3, 0.4) is 0 Å². The van der Waals surface area contributed by atoms with E-state index in [0.717, 1.165) is 6.42 Å². The minimum Gasteiger partial charge on any atom is -0.404 e. The van der Waals surface area contributed by atoms with Gasteiger partial charge in [-0.15, -0.1) is 12.4 Å². The second kappa shape index (κ2) is 6.08. The van der Waals surface area contributed by atoms with Gasteiger partial charge in [-0.25, -0.2) is 4.39 Å². The number of nitrogens with two attached hydrogens (primary N) is 1. The van der Waals surface area contributed by atoms with E-state index in [0.29, 0.717) is 11.8 Å². The minimum atomic E-state index is -1.04. The van der Waals surface area contributed by atoms with Crippen LogP contribution in [-0.4, -0.2) is 54.3 Å². The van der Waals surface area contributed by atoms with Crippen molar-refractivity contribution in [3.05, 3.63) is 0 Å². The van der Waals surface area contributed by atoms with Gasteiger partial charge in [0.15, 0.2) is 0 Å². The van der Waals surface area contributed by atoms with Crippen LogP contribution in [0.5, 0.6) is 0 Å². The zero-order chi connectivity index (χ0) is 17.4. The van der Waals surface area contributed by atoms with Crippen LogP contribution in [0.15, 0.2) is 0 Å². The third-order valence-electron chi connectivity index (χ3n) is 7.25. The fourth-order valence-electron chi connectivity index (χ4n) is 5.65. The largest absolute Gasteiger partial charge is 0.482 e. The molecule has 3 aliphatic carbocycles. The molecule has 2 unspecified atom stereocenters. The summed E-state index contributed by atoms with van der Waals surface area (Å²) < 4.78 is 26.7. The number of hydrogen-bond acceptors (Lipinski definition) is 4. The fraction of sp³-hybridized carbons (Fsp3) is 0.941. The first-order valence-corrected chi connectivity index (χ1v) is 9.18. The van der Waals surface area contributed by atoms with E-state index in [1.807, 2.05) is 0 Å². The second-order valence-corrected chi connectivity index (χ2v) is 9.02. The van der Waals surface area contributed by atoms with Crippen molar-refractivity contribution in [2.45, 2.75) is 76.8 Å². The molecule has 5 rings (SSSR count). The smallest absolute Gasteiger partial charge is 0.404 e. The molecule has 3 saturated carbocycles. The Labute approximate surface area is 155 Å². The lowest BCUT2D eigenvalue weighted by Gasteiger charge is -2.64. The molecule has 5 nitrogen and oxygen atoms in total. The highest BCUT2D eigenvalue weighted by atomic mass is 35.5. The standard InChI is InChI=1S/C17H28BFN2O3.ClH/c1-9(20)15(22)21-8-11(19)7-14(21)18-23-13-6-10-5-12(16(10,2)3)17(13,4)24-18;/h9-14H,5-8,20H2,1-4H3;1H/t9-,10+,11+,12+,13?,14?,17+;/m1./s1. The number of amides is 1. The van der Waals surface area contributed by atoms with Gasteiger partial charge in [0.25, 0.3) is 0 Å². The molecule has 7 atom stereocenters. The minimum absolute atomic E-state index is 0. The number of hydrogen-bond donors (Lipinski definition) is 1. The molecule has 5 fully saturated rings. The van der Waals surface area contributed by atoms with Gasteiger partial charge in [0.1, 0.15) is 6.17 Å². The molecule has 0 radical (unpaired) electrons. The summed E-state index contributed by atoms with van der Waals surface area (Å²) in [5.74, 6) is 0.527. The number of likely N-dealkylation sites (tertiary alicyclic amines) is 1. The summed E-state index contributed by atoms with van der Waals surface area (Å²) in [5.41, 5.74) is 5.67. The Morgan fingerprint density at radius 2 is 2.00 bits per heavy atom. The van der Waals surface area contributed by atoms with Crippen LogP contribution < -0.4 is 5.73 Å². The SMILES string of the molecule is C[C@@H](N)C(=O)N1C[C@@H](F)CC1B1OC2C[C@@H]3C[C@@H](C3(C)C)[C@]2(C)O1.Cl. The normalized spacial score (nSPS) is 45.4. The Hall–Kier alpha value is -0.365. The van der Waals surface area contributed by atoms with Crippen LogP contribution in [0.4, 0.5) is 4.39 Å². The second-order valence-electron chi connectivity index (χ2n) is 9.02. The molecule has 5 aliphatic rings. The number of nitrogens with zero attached hydrogens (tertiary/aromatic N) is 1. The van der Waals surface area contributed by atoms with E-state index in [4.69, 9.17) is 15.0 Å². The summed E-state index contributed by atoms with van der Waals surface area (Å²) in [6, 6.07) is -0.635. The molecule has 25 heavy (non-hydrogen) atoms. The monoisotopic (exact) mass is 374 g/mol. The van der Waals surface area contributed by atoms with Crippen molar-refractivity contribution in [1.29, 1.82) is 0 Å². The first-order valence-electron chi connectivity index (χ1n) is 9.18. The van der Waals surface area contributed by atoms with Crippen LogP contribution in [0.2, 0.25) is 0 Å². The van der Waals surface area contributed by atoms with Crippen molar-refractivity contribution < 1.29 is 18.5 Å². The molecule has 2 heterocycles. The van der Waals surface area contributed by atoms with Gasteiger partial charge in [-0.05, 0) is 50.4 Å². The Bertz CT molecular complexity index is 566. The number of carbonyl (C=O) groups excluding carboxylic acids is 1. The highest BCUT2D eigenvalue weighted by molar-refractivity contribution is 6.48. The number of rotatable bonds is 2. The topological polar surface area (TPSA) is 64.8 Å². The number of carbonyl (C=O) groups is 1. The maximum Gasteiger partial charge on any atom is 0.482 e. The van der Waals surface area contributed by atoms with Crippen LogP contribution >= 0.6 is 12.4 Å². The first kappa shape index (κ1) is 19.4. The molecule has 142 valence electrons. The Kier molecular flexibility index (Phi) is 4.72. The molecule has 2 aliphatic heterocycles. The summed E-state index contributed by atoms with van der Waals surface area (Å²) in [4.78, 5) is 13.9. The molecular formula is C17H29BClFN2O3. The predicted molar refractivity (Wildman–Crippen MR) is 96.0 cm³/mol. The lowest BCUT2D eigenvalue weighted by Crippen LogP contribution is -2.65. The average molecular weight is 375 g/mol. The van der Waals surface area contributed by atoms with E-state index in [1.54, 1.807) is 6.92 Å². The maximum atomic E-state index is 14.0. The molecule has 0 aromatic carbocycles. The van der Waals surface area contributed by atoms with E-state index in [9.17, 15) is 9.18 Å². The third-order valence-corrected chi connectivity index (χ3v) is 7.25. The molecule has 0 aromatic heterocycles. The molecule has 0 aromatic rings. The third kappa shape index (κ3) is 2.65.